The van der Waals surface area contributed by atoms with Crippen LogP contribution in [0.1, 0.15) is 11.1 Å². The van der Waals surface area contributed by atoms with E-state index in [1.807, 2.05) is 26.2 Å². The van der Waals surface area contributed by atoms with Gasteiger partial charge in [-0.1, -0.05) is 48.5 Å². The van der Waals surface area contributed by atoms with Gasteiger partial charge in [0.1, 0.15) is 0 Å². The molecule has 0 saturated heterocycles. The first-order chi connectivity index (χ1) is 9.60. The highest BCUT2D eigenvalue weighted by molar-refractivity contribution is 7.82. The maximum atomic E-state index is 4.82. The Labute approximate surface area is 125 Å². The van der Waals surface area contributed by atoms with Crippen LogP contribution in [-0.4, -0.2) is 24.0 Å². The lowest BCUT2D eigenvalue weighted by Gasteiger charge is -2.39. The fourth-order valence-corrected chi connectivity index (χ4v) is 2.69. The molecule has 0 aliphatic carbocycles. The molecule has 0 amide bonds. The molecule has 0 spiro atoms. The molecule has 1 aliphatic rings. The zero-order valence-electron chi connectivity index (χ0n) is 11.7. The van der Waals surface area contributed by atoms with Crippen molar-refractivity contribution in [2.45, 2.75) is 4.99 Å². The Bertz CT molecular complexity index is 649. The summed E-state index contributed by atoms with van der Waals surface area (Å²) in [6.45, 7) is 0. The van der Waals surface area contributed by atoms with Crippen molar-refractivity contribution in [1.82, 2.24) is 4.90 Å². The van der Waals surface area contributed by atoms with Crippen molar-refractivity contribution in [2.24, 2.45) is 0 Å². The van der Waals surface area contributed by atoms with E-state index in [0.29, 0.717) is 0 Å². The number of thiol groups is 1. The van der Waals surface area contributed by atoms with Crippen LogP contribution in [0.3, 0.4) is 0 Å². The molecule has 1 N–H and O–H groups in total. The van der Waals surface area contributed by atoms with Gasteiger partial charge in [0.15, 0.2) is 4.99 Å². The zero-order valence-corrected chi connectivity index (χ0v) is 12.6. The van der Waals surface area contributed by atoms with Crippen molar-refractivity contribution in [3.63, 3.8) is 0 Å². The summed E-state index contributed by atoms with van der Waals surface area (Å²) >= 11 is 4.82. The van der Waals surface area contributed by atoms with Gasteiger partial charge in [-0.3, -0.25) is 4.90 Å². The van der Waals surface area contributed by atoms with Gasteiger partial charge in [0.2, 0.25) is 0 Å². The first-order valence-corrected chi connectivity index (χ1v) is 7.10. The summed E-state index contributed by atoms with van der Waals surface area (Å²) in [5.41, 5.74) is 4.74. The Kier molecular flexibility index (Phi) is 3.32. The van der Waals surface area contributed by atoms with E-state index in [-0.39, 0.29) is 0 Å². The maximum absolute atomic E-state index is 4.82. The molecule has 0 fully saturated rings. The van der Waals surface area contributed by atoms with E-state index >= 15 is 0 Å². The minimum absolute atomic E-state index is 0.487. The van der Waals surface area contributed by atoms with Gasteiger partial charge in [-0.25, -0.2) is 0 Å². The van der Waals surface area contributed by atoms with Crippen molar-refractivity contribution in [1.29, 1.82) is 0 Å². The van der Waals surface area contributed by atoms with Crippen LogP contribution in [0.25, 0.3) is 5.57 Å². The highest BCUT2D eigenvalue weighted by Gasteiger charge is 2.31. The van der Waals surface area contributed by atoms with Gasteiger partial charge in [-0.05, 0) is 37.4 Å². The number of rotatable bonds is 2. The molecule has 2 aromatic carbocycles. The number of likely N-dealkylation sites (N-methyl/N-ethyl adjacent to an activating group) is 1. The number of benzene rings is 2. The Balaban J connectivity index is 2.20. The average Bonchev–Trinajstić information content (AvgIpc) is 2.47. The van der Waals surface area contributed by atoms with E-state index < -0.39 is 4.99 Å². The molecular weight excluding hydrogens is 264 g/mol. The fourth-order valence-electron chi connectivity index (χ4n) is 2.44. The monoisotopic (exact) mass is 282 g/mol. The van der Waals surface area contributed by atoms with Gasteiger partial charge in [-0.2, -0.15) is 0 Å². The van der Waals surface area contributed by atoms with Crippen molar-refractivity contribution in [2.75, 3.05) is 19.4 Å². The van der Waals surface area contributed by atoms with E-state index in [9.17, 15) is 0 Å². The predicted octanol–water partition coefficient (Wildman–Crippen LogP) is 3.69. The second kappa shape index (κ2) is 5.00. The quantitative estimate of drug-likeness (QED) is 0.645. The summed E-state index contributed by atoms with van der Waals surface area (Å²) in [7, 11) is 4.04. The zero-order chi connectivity index (χ0) is 14.2. The Morgan fingerprint density at radius 1 is 0.950 bits per heavy atom. The highest BCUT2D eigenvalue weighted by Crippen LogP contribution is 2.39. The number of hydrogen-bond donors (Lipinski definition) is 2. The molecule has 0 aromatic heterocycles. The van der Waals surface area contributed by atoms with Crippen molar-refractivity contribution in [3.05, 3.63) is 71.8 Å². The molecule has 0 bridgehead atoms. The molecule has 1 atom stereocenters. The molecule has 3 heteroatoms. The minimum atomic E-state index is -0.487. The highest BCUT2D eigenvalue weighted by atomic mass is 32.1. The van der Waals surface area contributed by atoms with Crippen LogP contribution in [0, 0.1) is 0 Å². The van der Waals surface area contributed by atoms with Crippen LogP contribution in [0.5, 0.6) is 0 Å². The number of anilines is 1. The number of para-hydroxylation sites is 1. The normalized spacial score (nSPS) is 21.1. The van der Waals surface area contributed by atoms with E-state index in [0.717, 1.165) is 5.69 Å². The SMILES string of the molecule is CN(C)C1(S)C=C(c2ccccc2)c2ccccc2N1. The third-order valence-electron chi connectivity index (χ3n) is 3.65. The Morgan fingerprint density at radius 2 is 1.60 bits per heavy atom. The average molecular weight is 282 g/mol. The lowest BCUT2D eigenvalue weighted by Crippen LogP contribution is -2.46. The van der Waals surface area contributed by atoms with Crippen LogP contribution in [-0.2, 0) is 0 Å². The second-order valence-corrected chi connectivity index (χ2v) is 5.90. The van der Waals surface area contributed by atoms with Crippen LogP contribution < -0.4 is 5.32 Å². The van der Waals surface area contributed by atoms with Crippen molar-refractivity contribution in [3.8, 4) is 0 Å². The lowest BCUT2D eigenvalue weighted by atomic mass is 9.92. The molecule has 2 aromatic rings. The van der Waals surface area contributed by atoms with E-state index in [1.54, 1.807) is 0 Å². The van der Waals surface area contributed by atoms with Gasteiger partial charge in [0, 0.05) is 11.3 Å². The molecule has 1 heterocycles. The van der Waals surface area contributed by atoms with Gasteiger partial charge in [0.05, 0.1) is 0 Å². The lowest BCUT2D eigenvalue weighted by molar-refractivity contribution is 0.341. The van der Waals surface area contributed by atoms with Gasteiger partial charge >= 0.3 is 0 Å². The third-order valence-corrected chi connectivity index (χ3v) is 4.29. The van der Waals surface area contributed by atoms with Crippen molar-refractivity contribution < 1.29 is 0 Å². The third kappa shape index (κ3) is 2.23. The summed E-state index contributed by atoms with van der Waals surface area (Å²) < 4.78 is 0. The fraction of sp³-hybridized carbons (Fsp3) is 0.176. The molecular formula is C17H18N2S. The summed E-state index contributed by atoms with van der Waals surface area (Å²) in [5, 5.41) is 3.49. The maximum Gasteiger partial charge on any atom is 0.156 e. The van der Waals surface area contributed by atoms with Crippen LogP contribution in [0.15, 0.2) is 60.7 Å². The number of nitrogens with one attached hydrogen (secondary N) is 1. The molecule has 102 valence electrons. The van der Waals surface area contributed by atoms with E-state index in [4.69, 9.17) is 12.6 Å². The molecule has 0 saturated carbocycles. The first kappa shape index (κ1) is 13.3. The summed E-state index contributed by atoms with van der Waals surface area (Å²) in [5.74, 6) is 0. The van der Waals surface area contributed by atoms with Gasteiger partial charge < -0.3 is 5.32 Å². The second-order valence-electron chi connectivity index (χ2n) is 5.22. The Morgan fingerprint density at radius 3 is 2.30 bits per heavy atom. The largest absolute Gasteiger partial charge is 0.355 e. The molecule has 1 aliphatic heterocycles. The molecule has 3 rings (SSSR count). The molecule has 2 nitrogen and oxygen atoms in total. The van der Waals surface area contributed by atoms with E-state index in [1.165, 1.54) is 16.7 Å². The number of hydrogen-bond acceptors (Lipinski definition) is 3. The summed E-state index contributed by atoms with van der Waals surface area (Å²) in [6, 6.07) is 18.8. The smallest absolute Gasteiger partial charge is 0.156 e. The van der Waals surface area contributed by atoms with E-state index in [2.05, 4.69) is 58.8 Å². The summed E-state index contributed by atoms with van der Waals surface area (Å²) in [6.07, 6.45) is 2.17. The van der Waals surface area contributed by atoms with Crippen LogP contribution in [0.4, 0.5) is 5.69 Å². The van der Waals surface area contributed by atoms with Crippen molar-refractivity contribution >= 4 is 23.9 Å². The standard InChI is InChI=1S/C17H18N2S/c1-19(2)17(20)12-15(13-8-4-3-5-9-13)14-10-6-7-11-16(14)18-17/h3-12,18,20H,1-2H3. The number of fused-ring (bicyclic) bond motifs is 1. The van der Waals surface area contributed by atoms with Gasteiger partial charge in [0.25, 0.3) is 0 Å². The Hall–Kier alpha value is -1.71. The summed E-state index contributed by atoms with van der Waals surface area (Å²) in [4.78, 5) is 1.58. The topological polar surface area (TPSA) is 15.3 Å². The van der Waals surface area contributed by atoms with Gasteiger partial charge in [-0.15, -0.1) is 12.6 Å². The first-order valence-electron chi connectivity index (χ1n) is 6.66. The predicted molar refractivity (Wildman–Crippen MR) is 89.0 cm³/mol. The molecule has 0 radical (unpaired) electrons. The number of nitrogens with zero attached hydrogens (tertiary/aromatic N) is 1. The minimum Gasteiger partial charge on any atom is -0.355 e. The van der Waals surface area contributed by atoms with Crippen LogP contribution >= 0.6 is 12.6 Å². The molecule has 20 heavy (non-hydrogen) atoms. The molecule has 1 unspecified atom stereocenters. The van der Waals surface area contributed by atoms with Crippen LogP contribution in [0.2, 0.25) is 0 Å².